The highest BCUT2D eigenvalue weighted by atomic mass is 35.5. The normalized spacial score (nSPS) is 10.5. The summed E-state index contributed by atoms with van der Waals surface area (Å²) in [5.74, 6) is 2.21. The molecule has 3 rings (SSSR count). The number of hydrogen-bond donors (Lipinski definition) is 1. The van der Waals surface area contributed by atoms with Gasteiger partial charge >= 0.3 is 0 Å². The molecular weight excluding hydrogens is 334 g/mol. The van der Waals surface area contributed by atoms with E-state index in [1.807, 2.05) is 68.4 Å². The van der Waals surface area contributed by atoms with E-state index in [1.165, 1.54) is 0 Å². The smallest absolute Gasteiger partial charge is 0.149 e. The molecule has 1 heterocycles. The van der Waals surface area contributed by atoms with Crippen LogP contribution in [0.3, 0.4) is 0 Å². The molecule has 1 N–H and O–H groups in total. The number of aryl methyl sites for hydroxylation is 2. The highest BCUT2D eigenvalue weighted by Gasteiger charge is 2.07. The molecule has 0 aliphatic heterocycles. The van der Waals surface area contributed by atoms with Crippen LogP contribution >= 0.6 is 11.6 Å². The van der Waals surface area contributed by atoms with Crippen molar-refractivity contribution in [3.8, 4) is 5.75 Å². The first-order valence-electron chi connectivity index (χ1n) is 8.12. The summed E-state index contributed by atoms with van der Waals surface area (Å²) >= 11 is 6.25. The predicted octanol–water partition coefficient (Wildman–Crippen LogP) is 4.94. The Labute approximate surface area is 152 Å². The van der Waals surface area contributed by atoms with Crippen molar-refractivity contribution in [2.24, 2.45) is 0 Å². The van der Waals surface area contributed by atoms with Crippen LogP contribution in [0.5, 0.6) is 5.75 Å². The number of ether oxygens (including phenoxy) is 1. The van der Waals surface area contributed by atoms with E-state index < -0.39 is 0 Å². The molecule has 2 aromatic carbocycles. The van der Waals surface area contributed by atoms with E-state index in [4.69, 9.17) is 16.3 Å². The molecule has 0 spiro atoms. The summed E-state index contributed by atoms with van der Waals surface area (Å²) in [4.78, 5) is 8.60. The maximum Gasteiger partial charge on any atom is 0.149 e. The molecule has 128 valence electrons. The number of rotatable bonds is 6. The molecule has 0 unspecified atom stereocenters. The van der Waals surface area contributed by atoms with Gasteiger partial charge in [-0.25, -0.2) is 9.97 Å². The van der Waals surface area contributed by atoms with Crippen LogP contribution < -0.4 is 10.1 Å². The summed E-state index contributed by atoms with van der Waals surface area (Å²) in [6, 6.07) is 18.1. The zero-order chi connectivity index (χ0) is 17.6. The van der Waals surface area contributed by atoms with E-state index in [0.717, 1.165) is 22.6 Å². The van der Waals surface area contributed by atoms with Crippen molar-refractivity contribution in [2.45, 2.75) is 27.0 Å². The number of hydrogen-bond acceptors (Lipinski definition) is 4. The van der Waals surface area contributed by atoms with Crippen LogP contribution in [0, 0.1) is 13.8 Å². The van der Waals surface area contributed by atoms with Gasteiger partial charge < -0.3 is 10.1 Å². The molecule has 3 aromatic rings. The fraction of sp³-hybridized carbons (Fsp3) is 0.200. The van der Waals surface area contributed by atoms with Crippen LogP contribution in [0.2, 0.25) is 5.02 Å². The quantitative estimate of drug-likeness (QED) is 0.682. The molecule has 0 amide bonds. The SMILES string of the molecule is Cc1nc(C)c(Cl)c(NCc2ccc(OCc3ccccc3)cc2)n1. The Morgan fingerprint density at radius 3 is 2.36 bits per heavy atom. The van der Waals surface area contributed by atoms with Crippen LogP contribution in [0.4, 0.5) is 5.82 Å². The molecule has 4 nitrogen and oxygen atoms in total. The van der Waals surface area contributed by atoms with Gasteiger partial charge in [0.15, 0.2) is 0 Å². The molecule has 0 saturated carbocycles. The summed E-state index contributed by atoms with van der Waals surface area (Å²) in [6.07, 6.45) is 0. The summed E-state index contributed by atoms with van der Waals surface area (Å²) in [5.41, 5.74) is 3.05. The van der Waals surface area contributed by atoms with Gasteiger partial charge in [-0.1, -0.05) is 54.1 Å². The Bertz CT molecular complexity index is 836. The van der Waals surface area contributed by atoms with Gasteiger partial charge in [0, 0.05) is 6.54 Å². The molecule has 0 aliphatic carbocycles. The van der Waals surface area contributed by atoms with Crippen LogP contribution in [0.25, 0.3) is 0 Å². The van der Waals surface area contributed by atoms with E-state index in [2.05, 4.69) is 15.3 Å². The minimum atomic E-state index is 0.563. The van der Waals surface area contributed by atoms with Crippen molar-refractivity contribution >= 4 is 17.4 Å². The van der Waals surface area contributed by atoms with Gasteiger partial charge in [-0.3, -0.25) is 0 Å². The van der Waals surface area contributed by atoms with Crippen molar-refractivity contribution < 1.29 is 4.74 Å². The number of aromatic nitrogens is 2. The first-order chi connectivity index (χ1) is 12.1. The van der Waals surface area contributed by atoms with Crippen molar-refractivity contribution in [1.82, 2.24) is 9.97 Å². The molecule has 0 atom stereocenters. The number of nitrogens with one attached hydrogen (secondary N) is 1. The number of anilines is 1. The average Bonchev–Trinajstić information content (AvgIpc) is 2.63. The first-order valence-corrected chi connectivity index (χ1v) is 8.50. The second-order valence-corrected chi connectivity index (χ2v) is 6.17. The van der Waals surface area contributed by atoms with Crippen LogP contribution in [-0.2, 0) is 13.2 Å². The molecule has 25 heavy (non-hydrogen) atoms. The number of nitrogens with zero attached hydrogens (tertiary/aromatic N) is 2. The average molecular weight is 354 g/mol. The van der Waals surface area contributed by atoms with E-state index in [0.29, 0.717) is 29.8 Å². The topological polar surface area (TPSA) is 47.0 Å². The van der Waals surface area contributed by atoms with Gasteiger partial charge in [-0.15, -0.1) is 0 Å². The Morgan fingerprint density at radius 1 is 0.920 bits per heavy atom. The van der Waals surface area contributed by atoms with Gasteiger partial charge in [0.2, 0.25) is 0 Å². The highest BCUT2D eigenvalue weighted by Crippen LogP contribution is 2.23. The summed E-state index contributed by atoms with van der Waals surface area (Å²) in [6.45, 7) is 4.93. The summed E-state index contributed by atoms with van der Waals surface area (Å²) < 4.78 is 5.80. The third kappa shape index (κ3) is 4.70. The molecular formula is C20H20ClN3O. The van der Waals surface area contributed by atoms with Crippen LogP contribution in [-0.4, -0.2) is 9.97 Å². The molecule has 0 bridgehead atoms. The van der Waals surface area contributed by atoms with Gasteiger partial charge in [0.1, 0.15) is 29.0 Å². The maximum atomic E-state index is 6.25. The maximum absolute atomic E-state index is 6.25. The fourth-order valence-corrected chi connectivity index (χ4v) is 2.60. The largest absolute Gasteiger partial charge is 0.489 e. The lowest BCUT2D eigenvalue weighted by Gasteiger charge is -2.11. The van der Waals surface area contributed by atoms with Crippen LogP contribution in [0.15, 0.2) is 54.6 Å². The van der Waals surface area contributed by atoms with Gasteiger partial charge in [-0.05, 0) is 37.1 Å². The lowest BCUT2D eigenvalue weighted by molar-refractivity contribution is 0.306. The molecule has 5 heteroatoms. The Morgan fingerprint density at radius 2 is 1.64 bits per heavy atom. The predicted molar refractivity (Wildman–Crippen MR) is 101 cm³/mol. The second-order valence-electron chi connectivity index (χ2n) is 5.79. The number of halogens is 1. The van der Waals surface area contributed by atoms with E-state index in [-0.39, 0.29) is 0 Å². The summed E-state index contributed by atoms with van der Waals surface area (Å²) in [7, 11) is 0. The molecule has 1 aromatic heterocycles. The number of benzene rings is 2. The minimum Gasteiger partial charge on any atom is -0.489 e. The zero-order valence-corrected chi connectivity index (χ0v) is 15.0. The fourth-order valence-electron chi connectivity index (χ4n) is 2.45. The molecule has 0 saturated heterocycles. The van der Waals surface area contributed by atoms with Crippen molar-refractivity contribution in [3.05, 3.63) is 82.3 Å². The zero-order valence-electron chi connectivity index (χ0n) is 14.3. The molecule has 0 aliphatic rings. The van der Waals surface area contributed by atoms with Crippen molar-refractivity contribution in [1.29, 1.82) is 0 Å². The monoisotopic (exact) mass is 353 g/mol. The van der Waals surface area contributed by atoms with E-state index >= 15 is 0 Å². The lowest BCUT2D eigenvalue weighted by Crippen LogP contribution is -2.05. The Balaban J connectivity index is 1.58. The van der Waals surface area contributed by atoms with Gasteiger partial charge in [-0.2, -0.15) is 0 Å². The lowest BCUT2D eigenvalue weighted by atomic mass is 10.2. The van der Waals surface area contributed by atoms with Crippen LogP contribution in [0.1, 0.15) is 22.6 Å². The minimum absolute atomic E-state index is 0.563. The third-order valence-corrected chi connectivity index (χ3v) is 4.21. The molecule has 0 radical (unpaired) electrons. The molecule has 0 fully saturated rings. The first kappa shape index (κ1) is 17.2. The van der Waals surface area contributed by atoms with Crippen molar-refractivity contribution in [2.75, 3.05) is 5.32 Å². The van der Waals surface area contributed by atoms with Gasteiger partial charge in [0.05, 0.1) is 5.69 Å². The van der Waals surface area contributed by atoms with Crippen molar-refractivity contribution in [3.63, 3.8) is 0 Å². The standard InChI is InChI=1S/C20H20ClN3O/c1-14-19(21)20(24-15(2)23-14)22-12-16-8-10-18(11-9-16)25-13-17-6-4-3-5-7-17/h3-11H,12-13H2,1-2H3,(H,22,23,24). The van der Waals surface area contributed by atoms with Gasteiger partial charge in [0.25, 0.3) is 0 Å². The third-order valence-electron chi connectivity index (χ3n) is 3.76. The summed E-state index contributed by atoms with van der Waals surface area (Å²) in [5, 5.41) is 3.83. The highest BCUT2D eigenvalue weighted by molar-refractivity contribution is 6.33. The van der Waals surface area contributed by atoms with E-state index in [1.54, 1.807) is 0 Å². The Kier molecular flexibility index (Phi) is 5.51. The van der Waals surface area contributed by atoms with E-state index in [9.17, 15) is 0 Å². The second kappa shape index (κ2) is 7.99. The Hall–Kier alpha value is -2.59.